The molecule has 0 fully saturated rings. The van der Waals surface area contributed by atoms with Crippen molar-refractivity contribution in [3.63, 3.8) is 0 Å². The Morgan fingerprint density at radius 3 is 2.35 bits per heavy atom. The van der Waals surface area contributed by atoms with Gasteiger partial charge in [-0.2, -0.15) is 0 Å². The molecule has 3 nitrogen and oxygen atoms in total. The van der Waals surface area contributed by atoms with Crippen molar-refractivity contribution in [2.45, 2.75) is 13.3 Å². The van der Waals surface area contributed by atoms with Crippen molar-refractivity contribution < 1.29 is 14.3 Å². The molecule has 1 aromatic carbocycles. The van der Waals surface area contributed by atoms with Crippen LogP contribution in [-0.2, 0) is 0 Å². The Hall–Kier alpha value is -1.33. The molecule has 1 heterocycles. The van der Waals surface area contributed by atoms with Crippen molar-refractivity contribution in [3.8, 4) is 11.5 Å². The summed E-state index contributed by atoms with van der Waals surface area (Å²) in [5.74, 6) is 1.44. The van der Waals surface area contributed by atoms with Crippen LogP contribution in [0, 0.1) is 0 Å². The Morgan fingerprint density at radius 2 is 1.80 bits per heavy atom. The number of hydrogen-bond acceptors (Lipinski definition) is 4. The summed E-state index contributed by atoms with van der Waals surface area (Å²) in [6.07, 6.45) is 0.975. The fourth-order valence-corrected chi connectivity index (χ4v) is 3.08. The van der Waals surface area contributed by atoms with Crippen LogP contribution in [-0.4, -0.2) is 19.0 Å². The SMILES string of the molecule is CCCOc1ccc(OCC(=O)c2sccc2Br)cc1. The van der Waals surface area contributed by atoms with Gasteiger partial charge < -0.3 is 9.47 Å². The zero-order valence-electron chi connectivity index (χ0n) is 11.1. The average molecular weight is 355 g/mol. The molecule has 0 bridgehead atoms. The molecule has 2 aromatic rings. The fourth-order valence-electron chi connectivity index (χ4n) is 1.56. The molecule has 0 aliphatic heterocycles. The third-order valence-corrected chi connectivity index (χ3v) is 4.42. The topological polar surface area (TPSA) is 35.5 Å². The predicted molar refractivity (Wildman–Crippen MR) is 84.1 cm³/mol. The number of carbonyl (C=O) groups excluding carboxylic acids is 1. The maximum absolute atomic E-state index is 11.9. The summed E-state index contributed by atoms with van der Waals surface area (Å²) in [6, 6.07) is 9.16. The number of hydrogen-bond donors (Lipinski definition) is 0. The summed E-state index contributed by atoms with van der Waals surface area (Å²) in [7, 11) is 0. The van der Waals surface area contributed by atoms with Crippen molar-refractivity contribution in [1.82, 2.24) is 0 Å². The van der Waals surface area contributed by atoms with E-state index in [0.717, 1.165) is 16.6 Å². The molecule has 2 rings (SSSR count). The molecule has 0 unspecified atom stereocenters. The molecule has 0 amide bonds. The maximum atomic E-state index is 11.9. The fraction of sp³-hybridized carbons (Fsp3) is 0.267. The van der Waals surface area contributed by atoms with E-state index in [4.69, 9.17) is 9.47 Å². The van der Waals surface area contributed by atoms with E-state index >= 15 is 0 Å². The molecular weight excluding hydrogens is 340 g/mol. The second-order valence-corrected chi connectivity index (χ2v) is 5.90. The van der Waals surface area contributed by atoms with Crippen molar-refractivity contribution in [1.29, 1.82) is 0 Å². The van der Waals surface area contributed by atoms with Crippen molar-refractivity contribution in [3.05, 3.63) is 45.1 Å². The van der Waals surface area contributed by atoms with Crippen LogP contribution < -0.4 is 9.47 Å². The van der Waals surface area contributed by atoms with E-state index < -0.39 is 0 Å². The first kappa shape index (κ1) is 15.1. The monoisotopic (exact) mass is 354 g/mol. The first-order valence-electron chi connectivity index (χ1n) is 6.32. The van der Waals surface area contributed by atoms with Gasteiger partial charge >= 0.3 is 0 Å². The minimum absolute atomic E-state index is 0.0295. The molecule has 0 aliphatic carbocycles. The third-order valence-electron chi connectivity index (χ3n) is 2.54. The summed E-state index contributed by atoms with van der Waals surface area (Å²) in [5.41, 5.74) is 0. The Labute approximate surface area is 130 Å². The molecule has 20 heavy (non-hydrogen) atoms. The number of rotatable bonds is 7. The van der Waals surface area contributed by atoms with E-state index in [1.165, 1.54) is 11.3 Å². The van der Waals surface area contributed by atoms with E-state index in [9.17, 15) is 4.79 Å². The predicted octanol–water partition coefficient (Wildman–Crippen LogP) is 4.56. The molecule has 1 aromatic heterocycles. The van der Waals surface area contributed by atoms with E-state index in [-0.39, 0.29) is 12.4 Å². The highest BCUT2D eigenvalue weighted by Crippen LogP contribution is 2.24. The van der Waals surface area contributed by atoms with E-state index in [0.29, 0.717) is 17.2 Å². The lowest BCUT2D eigenvalue weighted by atomic mass is 10.3. The molecule has 0 aliphatic rings. The molecule has 0 atom stereocenters. The summed E-state index contributed by atoms with van der Waals surface area (Å²) in [6.45, 7) is 2.80. The quantitative estimate of drug-likeness (QED) is 0.683. The normalized spacial score (nSPS) is 10.3. The number of thiophene rings is 1. The van der Waals surface area contributed by atoms with Crippen LogP contribution in [0.5, 0.6) is 11.5 Å². The number of Topliss-reactive ketones (excluding diaryl/α,β-unsaturated/α-hetero) is 1. The van der Waals surface area contributed by atoms with Gasteiger partial charge in [0, 0.05) is 4.47 Å². The Morgan fingerprint density at radius 1 is 1.15 bits per heavy atom. The summed E-state index contributed by atoms with van der Waals surface area (Å²) < 4.78 is 11.8. The largest absolute Gasteiger partial charge is 0.494 e. The molecule has 0 saturated heterocycles. The van der Waals surface area contributed by atoms with Gasteiger partial charge in [-0.25, -0.2) is 0 Å². The van der Waals surface area contributed by atoms with Crippen LogP contribution in [0.1, 0.15) is 23.0 Å². The smallest absolute Gasteiger partial charge is 0.211 e. The first-order valence-corrected chi connectivity index (χ1v) is 8.00. The highest BCUT2D eigenvalue weighted by atomic mass is 79.9. The van der Waals surface area contributed by atoms with Gasteiger partial charge in [-0.3, -0.25) is 4.79 Å². The van der Waals surface area contributed by atoms with E-state index in [1.807, 2.05) is 35.7 Å². The van der Waals surface area contributed by atoms with Crippen LogP contribution in [0.15, 0.2) is 40.2 Å². The molecule has 0 N–H and O–H groups in total. The van der Waals surface area contributed by atoms with Gasteiger partial charge in [0.2, 0.25) is 5.78 Å². The van der Waals surface area contributed by atoms with Gasteiger partial charge in [-0.1, -0.05) is 6.92 Å². The molecule has 0 spiro atoms. The summed E-state index contributed by atoms with van der Waals surface area (Å²) >= 11 is 4.75. The van der Waals surface area contributed by atoms with Gasteiger partial charge in [-0.15, -0.1) is 11.3 Å². The van der Waals surface area contributed by atoms with Crippen LogP contribution in [0.3, 0.4) is 0 Å². The lowest BCUT2D eigenvalue weighted by Gasteiger charge is -2.07. The van der Waals surface area contributed by atoms with Crippen molar-refractivity contribution in [2.75, 3.05) is 13.2 Å². The third kappa shape index (κ3) is 4.08. The molecular formula is C15H15BrO3S. The standard InChI is InChI=1S/C15H15BrO3S/c1-2-8-18-11-3-5-12(6-4-11)19-10-14(17)15-13(16)7-9-20-15/h3-7,9H,2,8,10H2,1H3. The zero-order valence-corrected chi connectivity index (χ0v) is 13.5. The van der Waals surface area contributed by atoms with Crippen molar-refractivity contribution >= 4 is 33.0 Å². The van der Waals surface area contributed by atoms with Crippen molar-refractivity contribution in [2.24, 2.45) is 0 Å². The van der Waals surface area contributed by atoms with Gasteiger partial charge in [0.05, 0.1) is 11.5 Å². The maximum Gasteiger partial charge on any atom is 0.211 e. The van der Waals surface area contributed by atoms with E-state index in [1.54, 1.807) is 0 Å². The van der Waals surface area contributed by atoms with Gasteiger partial charge in [0.25, 0.3) is 0 Å². The highest BCUT2D eigenvalue weighted by Gasteiger charge is 2.12. The number of carbonyl (C=O) groups is 1. The van der Waals surface area contributed by atoms with Gasteiger partial charge in [0.15, 0.2) is 6.61 Å². The van der Waals surface area contributed by atoms with Crippen LogP contribution in [0.4, 0.5) is 0 Å². The van der Waals surface area contributed by atoms with Gasteiger partial charge in [-0.05, 0) is 58.1 Å². The molecule has 0 saturated carbocycles. The minimum atomic E-state index is -0.0295. The lowest BCUT2D eigenvalue weighted by molar-refractivity contribution is 0.0925. The molecule has 106 valence electrons. The van der Waals surface area contributed by atoms with E-state index in [2.05, 4.69) is 22.9 Å². The molecule has 0 radical (unpaired) electrons. The van der Waals surface area contributed by atoms with Gasteiger partial charge in [0.1, 0.15) is 11.5 Å². The number of benzene rings is 1. The Balaban J connectivity index is 1.88. The first-order chi connectivity index (χ1) is 9.70. The number of ketones is 1. The summed E-state index contributed by atoms with van der Waals surface area (Å²) in [5, 5.41) is 1.87. The van der Waals surface area contributed by atoms with Crippen LogP contribution in [0.2, 0.25) is 0 Å². The summed E-state index contributed by atoms with van der Waals surface area (Å²) in [4.78, 5) is 12.6. The number of ether oxygens (including phenoxy) is 2. The average Bonchev–Trinajstić information content (AvgIpc) is 2.90. The zero-order chi connectivity index (χ0) is 14.4. The Bertz CT molecular complexity index is 563. The minimum Gasteiger partial charge on any atom is -0.494 e. The second-order valence-electron chi connectivity index (χ2n) is 4.13. The highest BCUT2D eigenvalue weighted by molar-refractivity contribution is 9.10. The Kier molecular flexibility index (Phi) is 5.61. The van der Waals surface area contributed by atoms with Crippen LogP contribution >= 0.6 is 27.3 Å². The number of halogens is 1. The lowest BCUT2D eigenvalue weighted by Crippen LogP contribution is -2.10. The van der Waals surface area contributed by atoms with Crippen LogP contribution in [0.25, 0.3) is 0 Å². The second kappa shape index (κ2) is 7.45. The molecule has 5 heteroatoms.